The Morgan fingerprint density at radius 3 is 1.47 bits per heavy atom. The molecule has 2 N–H and O–H groups in total. The van der Waals surface area contributed by atoms with E-state index in [-0.39, 0.29) is 51.4 Å². The molecule has 0 bridgehead atoms. The summed E-state index contributed by atoms with van der Waals surface area (Å²) in [6, 6.07) is 0. The van der Waals surface area contributed by atoms with E-state index < -0.39 is 10.4 Å². The average Bonchev–Trinajstić information content (AvgIpc) is 2.14. The van der Waals surface area contributed by atoms with Crippen molar-refractivity contribution in [3.8, 4) is 0 Å². The van der Waals surface area contributed by atoms with Crippen LogP contribution in [0.15, 0.2) is 0 Å². The molecule has 0 saturated heterocycles. The van der Waals surface area contributed by atoms with Crippen molar-refractivity contribution < 1.29 is 68.9 Å². The fourth-order valence-electron chi connectivity index (χ4n) is 1.31. The Bertz CT molecular complexity index is 202. The Balaban J connectivity index is -0.000000280. The second kappa shape index (κ2) is 17.5. The molecule has 0 aliphatic heterocycles. The quantitative estimate of drug-likeness (QED) is 0.299. The van der Waals surface area contributed by atoms with Crippen molar-refractivity contribution in [2.75, 3.05) is 0 Å². The fourth-order valence-corrected chi connectivity index (χ4v) is 1.31. The van der Waals surface area contributed by atoms with Gasteiger partial charge in [0.15, 0.2) is 0 Å². The predicted octanol–water partition coefficient (Wildman–Crippen LogP) is 0.702. The Hall–Kier alpha value is 1.51. The number of hydrogen-bond donors (Lipinski definition) is 2. The van der Waals surface area contributed by atoms with E-state index in [1.165, 1.54) is 51.4 Å². The van der Waals surface area contributed by atoms with Gasteiger partial charge in [0, 0.05) is 0 Å². The average molecular weight is 292 g/mol. The number of rotatable bonds is 8. The molecule has 0 saturated carbocycles. The van der Waals surface area contributed by atoms with Crippen LogP contribution in [0.4, 0.5) is 0 Å². The third-order valence-corrected chi connectivity index (χ3v) is 2.10. The van der Waals surface area contributed by atoms with Crippen LogP contribution in [0, 0.1) is 6.92 Å². The van der Waals surface area contributed by atoms with E-state index in [0.717, 1.165) is 6.42 Å². The van der Waals surface area contributed by atoms with Gasteiger partial charge in [0.1, 0.15) is 0 Å². The molecule has 4 nitrogen and oxygen atoms in total. The smallest absolute Gasteiger partial charge is 0.343 e. The van der Waals surface area contributed by atoms with Crippen LogP contribution >= 0.6 is 0 Å². The van der Waals surface area contributed by atoms with Crippen LogP contribution in [-0.2, 0) is 10.4 Å². The molecule has 0 spiro atoms. The Kier molecular flexibility index (Phi) is 24.3. The van der Waals surface area contributed by atoms with Crippen molar-refractivity contribution in [2.45, 2.75) is 64.7 Å². The van der Waals surface area contributed by atoms with E-state index in [9.17, 15) is 0 Å². The molecular weight excluding hydrogens is 267 g/mol. The summed E-state index contributed by atoms with van der Waals surface area (Å²) in [6.07, 6.45) is 12.4. The topological polar surface area (TPSA) is 74.6 Å². The van der Waals surface area contributed by atoms with Gasteiger partial charge in [0.25, 0.3) is 0 Å². The van der Waals surface area contributed by atoms with Crippen LogP contribution in [0.25, 0.3) is 0 Å². The molecule has 0 amide bonds. The van der Waals surface area contributed by atoms with Gasteiger partial charge in [0.05, 0.1) is 0 Å². The molecule has 0 unspecified atom stereocenters. The van der Waals surface area contributed by atoms with E-state index in [1.807, 2.05) is 0 Å². The third kappa shape index (κ3) is 46.6. The normalized spacial score (nSPS) is 10.1. The van der Waals surface area contributed by atoms with E-state index in [0.29, 0.717) is 0 Å². The van der Waals surface area contributed by atoms with Crippen molar-refractivity contribution >= 4 is 10.4 Å². The van der Waals surface area contributed by atoms with Crippen molar-refractivity contribution in [1.82, 2.24) is 0 Å². The Morgan fingerprint density at radius 1 is 0.882 bits per heavy atom. The van der Waals surface area contributed by atoms with Crippen LogP contribution in [-0.4, -0.2) is 17.5 Å². The first-order valence-electron chi connectivity index (χ1n) is 5.91. The van der Waals surface area contributed by atoms with Gasteiger partial charge in [0.2, 0.25) is 0 Å². The molecule has 6 heteroatoms. The molecule has 0 radical (unpaired) electrons. The van der Waals surface area contributed by atoms with Gasteiger partial charge in [-0.25, -0.2) is 0 Å². The monoisotopic (exact) mass is 292 g/mol. The van der Waals surface area contributed by atoms with Crippen LogP contribution < -0.4 is 51.4 Å². The van der Waals surface area contributed by atoms with Crippen molar-refractivity contribution in [3.05, 3.63) is 6.92 Å². The van der Waals surface area contributed by atoms with Gasteiger partial charge < -0.3 is 6.92 Å². The first-order valence-corrected chi connectivity index (χ1v) is 7.30. The molecule has 0 aromatic carbocycles. The van der Waals surface area contributed by atoms with Crippen LogP contribution in [0.3, 0.4) is 0 Å². The zero-order valence-corrected chi connectivity index (χ0v) is 15.1. The molecule has 17 heavy (non-hydrogen) atoms. The molecule has 0 atom stereocenters. The first kappa shape index (κ1) is 23.6. The summed E-state index contributed by atoms with van der Waals surface area (Å²) < 4.78 is 31.6. The van der Waals surface area contributed by atoms with Crippen molar-refractivity contribution in [3.63, 3.8) is 0 Å². The molecule has 0 aliphatic rings. The standard InChI is InChI=1S/C11H23.K.H2O4S/c1-3-5-7-9-11-10-8-6-4-2;;1-5(2,3)4/h1,3-11H2,2H3;;(H2,1,2,3,4)/q-1;+1;. The molecule has 0 aliphatic carbocycles. The van der Waals surface area contributed by atoms with Gasteiger partial charge in [-0.15, -0.1) is 0 Å². The summed E-state index contributed by atoms with van der Waals surface area (Å²) >= 11 is 0. The molecule has 0 aromatic heterocycles. The van der Waals surface area contributed by atoms with Gasteiger partial charge >= 0.3 is 61.8 Å². The van der Waals surface area contributed by atoms with Gasteiger partial charge in [-0.2, -0.15) is 14.8 Å². The zero-order valence-electron chi connectivity index (χ0n) is 11.2. The van der Waals surface area contributed by atoms with Crippen LogP contribution in [0.2, 0.25) is 0 Å². The number of unbranched alkanes of at least 4 members (excludes halogenated alkanes) is 8. The molecule has 0 fully saturated rings. The summed E-state index contributed by atoms with van der Waals surface area (Å²) in [4.78, 5) is 0. The second-order valence-corrected chi connectivity index (χ2v) is 4.67. The minimum atomic E-state index is -4.67. The summed E-state index contributed by atoms with van der Waals surface area (Å²) in [5.41, 5.74) is 0. The van der Waals surface area contributed by atoms with Gasteiger partial charge in [-0.1, -0.05) is 58.3 Å². The summed E-state index contributed by atoms with van der Waals surface area (Å²) in [5, 5.41) is 0. The van der Waals surface area contributed by atoms with E-state index in [2.05, 4.69) is 13.8 Å². The second-order valence-electron chi connectivity index (χ2n) is 3.78. The molecule has 100 valence electrons. The minimum absolute atomic E-state index is 0. The maximum absolute atomic E-state index is 8.74. The first-order chi connectivity index (χ1) is 7.41. The maximum atomic E-state index is 8.74. The minimum Gasteiger partial charge on any atom is -0.343 e. The van der Waals surface area contributed by atoms with Crippen LogP contribution in [0.5, 0.6) is 0 Å². The van der Waals surface area contributed by atoms with E-state index >= 15 is 0 Å². The number of hydrogen-bond acceptors (Lipinski definition) is 2. The van der Waals surface area contributed by atoms with E-state index in [4.69, 9.17) is 17.5 Å². The fraction of sp³-hybridized carbons (Fsp3) is 0.909. The summed E-state index contributed by atoms with van der Waals surface area (Å²) in [5.74, 6) is 0. The summed E-state index contributed by atoms with van der Waals surface area (Å²) in [7, 11) is -4.67. The third-order valence-electron chi connectivity index (χ3n) is 2.10. The van der Waals surface area contributed by atoms with Crippen molar-refractivity contribution in [2.24, 2.45) is 0 Å². The van der Waals surface area contributed by atoms with Gasteiger partial charge in [-0.3, -0.25) is 9.11 Å². The van der Waals surface area contributed by atoms with Gasteiger partial charge in [-0.05, 0) is 0 Å². The molecule has 0 heterocycles. The molecule has 0 rings (SSSR count). The maximum Gasteiger partial charge on any atom is 1.00 e. The van der Waals surface area contributed by atoms with Crippen LogP contribution in [0.1, 0.15) is 64.7 Å². The molecule has 0 aromatic rings. The largest absolute Gasteiger partial charge is 1.00 e. The zero-order chi connectivity index (χ0) is 12.9. The molecular formula is C11H25KO4S. The SMILES string of the molecule is O=S(=O)(O)O.[CH2-]CCCCCCCCCC.[K+]. The Morgan fingerprint density at radius 2 is 1.18 bits per heavy atom. The van der Waals surface area contributed by atoms with Crippen molar-refractivity contribution in [1.29, 1.82) is 0 Å². The predicted molar refractivity (Wildman–Crippen MR) is 66.8 cm³/mol. The Labute approximate surface area is 149 Å². The van der Waals surface area contributed by atoms with E-state index in [1.54, 1.807) is 0 Å². The summed E-state index contributed by atoms with van der Waals surface area (Å²) in [6.45, 7) is 6.10.